The summed E-state index contributed by atoms with van der Waals surface area (Å²) in [6.45, 7) is 1.71. The number of aromatic carboxylic acids is 1. The number of carboxylic acids is 1. The van der Waals surface area contributed by atoms with Crippen molar-refractivity contribution in [3.8, 4) is 6.19 Å². The Morgan fingerprint density at radius 1 is 1.59 bits per heavy atom. The van der Waals surface area contributed by atoms with E-state index in [1.807, 2.05) is 0 Å². The SMILES string of the molecule is CSC(=Nc1ccc(C(=O)O)c(C)c1)NC#N. The van der Waals surface area contributed by atoms with Crippen molar-refractivity contribution in [1.29, 1.82) is 5.26 Å². The Hall–Kier alpha value is -2.00. The van der Waals surface area contributed by atoms with Gasteiger partial charge in [0.25, 0.3) is 0 Å². The molecule has 1 aromatic carbocycles. The smallest absolute Gasteiger partial charge is 0.335 e. The first kappa shape index (κ1) is 13.1. The molecule has 17 heavy (non-hydrogen) atoms. The van der Waals surface area contributed by atoms with Gasteiger partial charge in [-0.05, 0) is 36.9 Å². The highest BCUT2D eigenvalue weighted by molar-refractivity contribution is 8.13. The number of thioether (sulfide) groups is 1. The molecule has 0 heterocycles. The molecule has 1 rings (SSSR count). The Kier molecular flexibility index (Phi) is 4.55. The Morgan fingerprint density at radius 3 is 2.76 bits per heavy atom. The van der Waals surface area contributed by atoms with Crippen LogP contribution in [-0.4, -0.2) is 22.5 Å². The molecule has 0 unspecified atom stereocenters. The molecule has 0 saturated carbocycles. The molecule has 0 aliphatic rings. The average Bonchev–Trinajstić information content (AvgIpc) is 2.28. The van der Waals surface area contributed by atoms with Crippen molar-refractivity contribution in [2.75, 3.05) is 6.26 Å². The molecule has 0 aliphatic heterocycles. The summed E-state index contributed by atoms with van der Waals surface area (Å²) in [7, 11) is 0. The zero-order valence-electron chi connectivity index (χ0n) is 9.39. The van der Waals surface area contributed by atoms with Crippen LogP contribution in [0.25, 0.3) is 0 Å². The van der Waals surface area contributed by atoms with Crippen LogP contribution in [0.4, 0.5) is 5.69 Å². The number of hydrogen-bond acceptors (Lipinski definition) is 4. The second kappa shape index (κ2) is 5.92. The van der Waals surface area contributed by atoms with Gasteiger partial charge in [-0.25, -0.2) is 9.79 Å². The lowest BCUT2D eigenvalue weighted by atomic mass is 10.1. The number of nitrogens with zero attached hydrogens (tertiary/aromatic N) is 2. The van der Waals surface area contributed by atoms with E-state index in [1.165, 1.54) is 17.8 Å². The van der Waals surface area contributed by atoms with Crippen molar-refractivity contribution in [2.24, 2.45) is 4.99 Å². The van der Waals surface area contributed by atoms with Gasteiger partial charge in [0.05, 0.1) is 11.3 Å². The number of nitriles is 1. The van der Waals surface area contributed by atoms with Crippen LogP contribution in [-0.2, 0) is 0 Å². The lowest BCUT2D eigenvalue weighted by molar-refractivity contribution is 0.0696. The molecule has 0 amide bonds. The van der Waals surface area contributed by atoms with E-state index in [2.05, 4.69) is 10.3 Å². The third kappa shape index (κ3) is 3.50. The fourth-order valence-corrected chi connectivity index (χ4v) is 1.59. The fourth-order valence-electron chi connectivity index (χ4n) is 1.25. The normalized spacial score (nSPS) is 10.8. The largest absolute Gasteiger partial charge is 0.478 e. The number of rotatable bonds is 2. The van der Waals surface area contributed by atoms with Crippen molar-refractivity contribution in [3.05, 3.63) is 29.3 Å². The van der Waals surface area contributed by atoms with Gasteiger partial charge in [0.15, 0.2) is 11.4 Å². The highest BCUT2D eigenvalue weighted by Gasteiger charge is 2.07. The van der Waals surface area contributed by atoms with E-state index in [0.29, 0.717) is 16.4 Å². The van der Waals surface area contributed by atoms with E-state index in [4.69, 9.17) is 10.4 Å². The van der Waals surface area contributed by atoms with Crippen LogP contribution in [0, 0.1) is 18.4 Å². The van der Waals surface area contributed by atoms with E-state index < -0.39 is 5.97 Å². The lowest BCUT2D eigenvalue weighted by Gasteiger charge is -2.03. The number of carboxylic acid groups (broad SMARTS) is 1. The van der Waals surface area contributed by atoms with Gasteiger partial charge in [0.2, 0.25) is 0 Å². The number of carbonyl (C=O) groups is 1. The molecule has 0 aliphatic carbocycles. The van der Waals surface area contributed by atoms with Crippen LogP contribution in [0.1, 0.15) is 15.9 Å². The highest BCUT2D eigenvalue weighted by Crippen LogP contribution is 2.19. The second-order valence-corrected chi connectivity index (χ2v) is 3.96. The van der Waals surface area contributed by atoms with E-state index in [-0.39, 0.29) is 5.56 Å². The molecular weight excluding hydrogens is 238 g/mol. The number of benzene rings is 1. The van der Waals surface area contributed by atoms with Crippen LogP contribution in [0.15, 0.2) is 23.2 Å². The maximum absolute atomic E-state index is 10.8. The van der Waals surface area contributed by atoms with Crippen LogP contribution < -0.4 is 5.32 Å². The van der Waals surface area contributed by atoms with Crippen LogP contribution >= 0.6 is 11.8 Å². The Balaban J connectivity index is 3.06. The van der Waals surface area contributed by atoms with Gasteiger partial charge in [-0.3, -0.25) is 5.32 Å². The summed E-state index contributed by atoms with van der Waals surface area (Å²) in [6.07, 6.45) is 3.58. The van der Waals surface area contributed by atoms with Gasteiger partial charge in [0.1, 0.15) is 0 Å². The predicted molar refractivity (Wildman–Crippen MR) is 67.5 cm³/mol. The van der Waals surface area contributed by atoms with Gasteiger partial charge in [0, 0.05) is 0 Å². The first-order valence-electron chi connectivity index (χ1n) is 4.70. The zero-order chi connectivity index (χ0) is 12.8. The topological polar surface area (TPSA) is 85.5 Å². The molecule has 0 saturated heterocycles. The molecule has 0 spiro atoms. The molecule has 88 valence electrons. The minimum absolute atomic E-state index is 0.253. The minimum Gasteiger partial charge on any atom is -0.478 e. The summed E-state index contributed by atoms with van der Waals surface area (Å²) in [5, 5.41) is 20.3. The van der Waals surface area contributed by atoms with Gasteiger partial charge < -0.3 is 5.11 Å². The van der Waals surface area contributed by atoms with E-state index in [0.717, 1.165) is 0 Å². The number of nitrogens with one attached hydrogen (secondary N) is 1. The van der Waals surface area contributed by atoms with Crippen LogP contribution in [0.5, 0.6) is 0 Å². The standard InChI is InChI=1S/C11H11N3O2S/c1-7-5-8(3-4-9(7)10(15)16)14-11(17-2)13-6-12/h3-5H,1-2H3,(H,13,14)(H,15,16). The van der Waals surface area contributed by atoms with Crippen molar-refractivity contribution in [2.45, 2.75) is 6.92 Å². The summed E-state index contributed by atoms with van der Waals surface area (Å²) in [5.41, 5.74) is 1.50. The molecule has 5 nitrogen and oxygen atoms in total. The summed E-state index contributed by atoms with van der Waals surface area (Å²) in [6, 6.07) is 4.77. The van der Waals surface area contributed by atoms with Crippen molar-refractivity contribution >= 4 is 28.6 Å². The van der Waals surface area contributed by atoms with Crippen LogP contribution in [0.3, 0.4) is 0 Å². The number of hydrogen-bond donors (Lipinski definition) is 2. The summed E-state index contributed by atoms with van der Waals surface area (Å²) in [5.74, 6) is -0.960. The van der Waals surface area contributed by atoms with E-state index in [1.54, 1.807) is 31.5 Å². The molecular formula is C11H11N3O2S. The van der Waals surface area contributed by atoms with Gasteiger partial charge in [-0.1, -0.05) is 11.8 Å². The van der Waals surface area contributed by atoms with E-state index in [9.17, 15) is 4.79 Å². The first-order valence-corrected chi connectivity index (χ1v) is 5.92. The summed E-state index contributed by atoms with van der Waals surface area (Å²) in [4.78, 5) is 15.0. The quantitative estimate of drug-likeness (QED) is 0.363. The third-order valence-electron chi connectivity index (χ3n) is 2.03. The number of aliphatic imine (C=N–C) groups is 1. The molecule has 0 atom stereocenters. The van der Waals surface area contributed by atoms with Crippen molar-refractivity contribution in [3.63, 3.8) is 0 Å². The zero-order valence-corrected chi connectivity index (χ0v) is 10.2. The predicted octanol–water partition coefficient (Wildman–Crippen LogP) is 2.11. The molecule has 0 fully saturated rings. The Labute approximate surface area is 103 Å². The maximum Gasteiger partial charge on any atom is 0.335 e. The second-order valence-electron chi connectivity index (χ2n) is 3.16. The minimum atomic E-state index is -0.960. The van der Waals surface area contributed by atoms with Crippen molar-refractivity contribution in [1.82, 2.24) is 5.32 Å². The van der Waals surface area contributed by atoms with E-state index >= 15 is 0 Å². The lowest BCUT2D eigenvalue weighted by Crippen LogP contribution is -2.12. The number of amidine groups is 1. The monoisotopic (exact) mass is 249 g/mol. The van der Waals surface area contributed by atoms with Gasteiger partial charge >= 0.3 is 5.97 Å². The summed E-state index contributed by atoms with van der Waals surface area (Å²) >= 11 is 1.31. The van der Waals surface area contributed by atoms with Crippen LogP contribution in [0.2, 0.25) is 0 Å². The van der Waals surface area contributed by atoms with Crippen molar-refractivity contribution < 1.29 is 9.90 Å². The molecule has 1 aromatic rings. The first-order chi connectivity index (χ1) is 8.08. The Bertz CT molecular complexity index is 506. The average molecular weight is 249 g/mol. The molecule has 0 aromatic heterocycles. The fraction of sp³-hybridized carbons (Fsp3) is 0.182. The molecule has 6 heteroatoms. The molecule has 0 radical (unpaired) electrons. The number of aryl methyl sites for hydroxylation is 1. The highest BCUT2D eigenvalue weighted by atomic mass is 32.2. The van der Waals surface area contributed by atoms with Gasteiger partial charge in [-0.15, -0.1) is 0 Å². The Morgan fingerprint density at radius 2 is 2.29 bits per heavy atom. The molecule has 2 N–H and O–H groups in total. The van der Waals surface area contributed by atoms with Gasteiger partial charge in [-0.2, -0.15) is 5.26 Å². The third-order valence-corrected chi connectivity index (χ3v) is 2.61. The summed E-state index contributed by atoms with van der Waals surface area (Å²) < 4.78 is 0. The molecule has 0 bridgehead atoms. The maximum atomic E-state index is 10.8.